The van der Waals surface area contributed by atoms with Crippen LogP contribution in [0.1, 0.15) is 25.3 Å². The van der Waals surface area contributed by atoms with Crippen molar-refractivity contribution in [3.8, 4) is 22.4 Å². The minimum atomic E-state index is 0.513. The van der Waals surface area contributed by atoms with Gasteiger partial charge in [-0.3, -0.25) is 4.40 Å². The molecule has 1 aromatic carbocycles. The first-order valence-corrected chi connectivity index (χ1v) is 9.77. The Morgan fingerprint density at radius 3 is 2.43 bits per heavy atom. The summed E-state index contributed by atoms with van der Waals surface area (Å²) in [6, 6.07) is 12.2. The predicted molar refractivity (Wildman–Crippen MR) is 114 cm³/mol. The molecule has 0 amide bonds. The van der Waals surface area contributed by atoms with Crippen molar-refractivity contribution in [3.63, 3.8) is 0 Å². The number of halogens is 1. The number of anilines is 1. The Bertz CT molecular complexity index is 1110. The number of imidazole rings is 1. The van der Waals surface area contributed by atoms with Gasteiger partial charge in [0.15, 0.2) is 0 Å². The molecule has 0 aliphatic carbocycles. The molecule has 3 heterocycles. The van der Waals surface area contributed by atoms with E-state index < -0.39 is 0 Å². The van der Waals surface area contributed by atoms with Gasteiger partial charge in [-0.2, -0.15) is 0 Å². The molecule has 5 nitrogen and oxygen atoms in total. The van der Waals surface area contributed by atoms with Gasteiger partial charge in [0.25, 0.3) is 0 Å². The van der Waals surface area contributed by atoms with Gasteiger partial charge in [-0.25, -0.2) is 4.98 Å². The highest BCUT2D eigenvalue weighted by atomic mass is 35.5. The van der Waals surface area contributed by atoms with Crippen LogP contribution in [0.5, 0.6) is 0 Å². The van der Waals surface area contributed by atoms with Crippen LogP contribution < -0.4 is 5.32 Å². The Kier molecular flexibility index (Phi) is 4.85. The molecule has 0 aliphatic heterocycles. The average Bonchev–Trinajstić information content (AvgIpc) is 3.19. The third-order valence-corrected chi connectivity index (χ3v) is 4.96. The maximum Gasteiger partial charge on any atom is 0.141 e. The number of hydrogen-bond donors (Lipinski definition) is 1. The van der Waals surface area contributed by atoms with Crippen molar-refractivity contribution >= 4 is 23.1 Å². The quantitative estimate of drug-likeness (QED) is 0.451. The minimum absolute atomic E-state index is 0.513. The summed E-state index contributed by atoms with van der Waals surface area (Å²) in [6.45, 7) is 9.11. The first kappa shape index (κ1) is 18.6. The normalized spacial score (nSPS) is 11.5. The van der Waals surface area contributed by atoms with Crippen LogP contribution in [0.25, 0.3) is 28.0 Å². The van der Waals surface area contributed by atoms with E-state index in [0.717, 1.165) is 51.8 Å². The summed E-state index contributed by atoms with van der Waals surface area (Å²) in [4.78, 5) is 4.84. The molecular formula is C22H23ClN4O. The fourth-order valence-corrected chi connectivity index (χ4v) is 3.54. The number of rotatable bonds is 5. The van der Waals surface area contributed by atoms with Crippen molar-refractivity contribution in [2.45, 2.75) is 27.7 Å². The summed E-state index contributed by atoms with van der Waals surface area (Å²) in [5.74, 6) is 2.29. The number of aromatic nitrogens is 3. The Hall–Kier alpha value is -2.79. The second kappa shape index (κ2) is 7.32. The summed E-state index contributed by atoms with van der Waals surface area (Å²) >= 11 is 6.22. The number of benzene rings is 1. The van der Waals surface area contributed by atoms with E-state index in [2.05, 4.69) is 48.6 Å². The molecule has 0 radical (unpaired) electrons. The van der Waals surface area contributed by atoms with Gasteiger partial charge in [0.1, 0.15) is 22.9 Å². The molecule has 0 spiro atoms. The van der Waals surface area contributed by atoms with Crippen LogP contribution >= 0.6 is 11.6 Å². The highest BCUT2D eigenvalue weighted by molar-refractivity contribution is 6.30. The molecule has 4 rings (SSSR count). The SMILES string of the molecule is Cc1noc(C)c1-c1ccc(-c2nc3ccc(Cl)cn3c2NCC(C)C)cc1. The molecule has 0 saturated heterocycles. The molecule has 1 N–H and O–H groups in total. The molecule has 6 heteroatoms. The molecule has 3 aromatic heterocycles. The zero-order chi connectivity index (χ0) is 19.8. The number of pyridine rings is 1. The molecule has 0 unspecified atom stereocenters. The van der Waals surface area contributed by atoms with Crippen LogP contribution in [0, 0.1) is 19.8 Å². The molecule has 144 valence electrons. The van der Waals surface area contributed by atoms with Crippen LogP contribution in [-0.2, 0) is 0 Å². The number of fused-ring (bicyclic) bond motifs is 1. The van der Waals surface area contributed by atoms with Crippen LogP contribution in [0.2, 0.25) is 5.02 Å². The fourth-order valence-electron chi connectivity index (χ4n) is 3.38. The summed E-state index contributed by atoms with van der Waals surface area (Å²) in [7, 11) is 0. The van der Waals surface area contributed by atoms with Crippen molar-refractivity contribution in [2.24, 2.45) is 5.92 Å². The molecule has 0 aliphatic rings. The van der Waals surface area contributed by atoms with Gasteiger partial charge in [-0.05, 0) is 37.5 Å². The predicted octanol–water partition coefficient (Wildman–Crippen LogP) is 5.99. The van der Waals surface area contributed by atoms with Gasteiger partial charge in [0.2, 0.25) is 0 Å². The lowest BCUT2D eigenvalue weighted by molar-refractivity contribution is 0.393. The van der Waals surface area contributed by atoms with Crippen molar-refractivity contribution in [3.05, 3.63) is 59.1 Å². The van der Waals surface area contributed by atoms with Gasteiger partial charge < -0.3 is 9.84 Å². The minimum Gasteiger partial charge on any atom is -0.369 e. The van der Waals surface area contributed by atoms with E-state index >= 15 is 0 Å². The molecule has 0 fully saturated rings. The van der Waals surface area contributed by atoms with Crippen molar-refractivity contribution in [1.82, 2.24) is 14.5 Å². The molecule has 0 atom stereocenters. The standard InChI is InChI=1S/C22H23ClN4O/c1-13(2)11-24-22-21(25-19-10-9-18(23)12-27(19)22)17-7-5-16(6-8-17)20-14(3)26-28-15(20)4/h5-10,12-13,24H,11H2,1-4H3. The molecule has 0 bridgehead atoms. The van der Waals surface area contributed by atoms with Crippen LogP contribution in [-0.4, -0.2) is 21.1 Å². The van der Waals surface area contributed by atoms with Gasteiger partial charge in [-0.15, -0.1) is 0 Å². The van der Waals surface area contributed by atoms with E-state index in [9.17, 15) is 0 Å². The van der Waals surface area contributed by atoms with Crippen molar-refractivity contribution in [1.29, 1.82) is 0 Å². The topological polar surface area (TPSA) is 55.4 Å². The Labute approximate surface area is 169 Å². The smallest absolute Gasteiger partial charge is 0.141 e. The first-order valence-electron chi connectivity index (χ1n) is 9.39. The van der Waals surface area contributed by atoms with Crippen molar-refractivity contribution < 1.29 is 4.52 Å². The van der Waals surface area contributed by atoms with Gasteiger partial charge >= 0.3 is 0 Å². The fraction of sp³-hybridized carbons (Fsp3) is 0.273. The molecule has 0 saturated carbocycles. The zero-order valence-electron chi connectivity index (χ0n) is 16.5. The number of aryl methyl sites for hydroxylation is 2. The van der Waals surface area contributed by atoms with Crippen LogP contribution in [0.15, 0.2) is 47.1 Å². The third-order valence-electron chi connectivity index (χ3n) is 4.74. The third kappa shape index (κ3) is 3.38. The van der Waals surface area contributed by atoms with Gasteiger partial charge in [0.05, 0.1) is 10.7 Å². The highest BCUT2D eigenvalue weighted by Crippen LogP contribution is 2.33. The second-order valence-corrected chi connectivity index (χ2v) is 7.87. The number of nitrogens with one attached hydrogen (secondary N) is 1. The van der Waals surface area contributed by atoms with Crippen LogP contribution in [0.4, 0.5) is 5.82 Å². The summed E-state index contributed by atoms with van der Waals surface area (Å²) in [6.07, 6.45) is 1.90. The molecule has 4 aromatic rings. The Balaban J connectivity index is 1.79. The monoisotopic (exact) mass is 394 g/mol. The average molecular weight is 395 g/mol. The maximum atomic E-state index is 6.22. The summed E-state index contributed by atoms with van der Waals surface area (Å²) < 4.78 is 7.32. The lowest BCUT2D eigenvalue weighted by atomic mass is 10.0. The molecule has 28 heavy (non-hydrogen) atoms. The zero-order valence-corrected chi connectivity index (χ0v) is 17.2. The van der Waals surface area contributed by atoms with Crippen molar-refractivity contribution in [2.75, 3.05) is 11.9 Å². The van der Waals surface area contributed by atoms with E-state index in [4.69, 9.17) is 21.1 Å². The lowest BCUT2D eigenvalue weighted by Crippen LogP contribution is -2.10. The largest absolute Gasteiger partial charge is 0.369 e. The Morgan fingerprint density at radius 2 is 1.79 bits per heavy atom. The second-order valence-electron chi connectivity index (χ2n) is 7.44. The van der Waals surface area contributed by atoms with Gasteiger partial charge in [0, 0.05) is 23.9 Å². The van der Waals surface area contributed by atoms with Gasteiger partial charge in [-0.1, -0.05) is 54.9 Å². The van der Waals surface area contributed by atoms with E-state index in [-0.39, 0.29) is 0 Å². The highest BCUT2D eigenvalue weighted by Gasteiger charge is 2.16. The summed E-state index contributed by atoms with van der Waals surface area (Å²) in [5.41, 5.74) is 5.84. The first-order chi connectivity index (χ1) is 13.4. The molecular weight excluding hydrogens is 372 g/mol. The maximum absolute atomic E-state index is 6.22. The number of nitrogens with zero attached hydrogens (tertiary/aromatic N) is 3. The lowest BCUT2D eigenvalue weighted by Gasteiger charge is -2.11. The Morgan fingerprint density at radius 1 is 1.07 bits per heavy atom. The number of hydrogen-bond acceptors (Lipinski definition) is 4. The van der Waals surface area contributed by atoms with Crippen LogP contribution in [0.3, 0.4) is 0 Å². The van der Waals surface area contributed by atoms with E-state index in [1.807, 2.05) is 36.6 Å². The summed E-state index contributed by atoms with van der Waals surface area (Å²) in [5, 5.41) is 8.27. The van der Waals surface area contributed by atoms with E-state index in [1.54, 1.807) is 0 Å². The van der Waals surface area contributed by atoms with E-state index in [0.29, 0.717) is 10.9 Å². The van der Waals surface area contributed by atoms with E-state index in [1.165, 1.54) is 0 Å².